The molecule has 1 aromatic heterocycles. The summed E-state index contributed by atoms with van der Waals surface area (Å²) in [6.45, 7) is 3.10. The highest BCUT2D eigenvalue weighted by atomic mass is 32.1. The standard InChI is InChI=1S/C8H10N2O2S/c1-5(6(2)11)10-8(12)7-3-9-4-13-7/h3-5H,1-2H3,(H,10,12). The van der Waals surface area contributed by atoms with Crippen LogP contribution < -0.4 is 5.32 Å². The number of ketones is 1. The number of hydrogen-bond acceptors (Lipinski definition) is 4. The zero-order valence-corrected chi connectivity index (χ0v) is 8.22. The molecule has 1 amide bonds. The summed E-state index contributed by atoms with van der Waals surface area (Å²) in [7, 11) is 0. The van der Waals surface area contributed by atoms with Gasteiger partial charge in [0.15, 0.2) is 5.78 Å². The van der Waals surface area contributed by atoms with Gasteiger partial charge in [0.1, 0.15) is 4.88 Å². The highest BCUT2D eigenvalue weighted by molar-refractivity contribution is 7.11. The lowest BCUT2D eigenvalue weighted by Gasteiger charge is -2.08. The van der Waals surface area contributed by atoms with Crippen LogP contribution in [0.15, 0.2) is 11.7 Å². The van der Waals surface area contributed by atoms with E-state index >= 15 is 0 Å². The first-order chi connectivity index (χ1) is 6.11. The summed E-state index contributed by atoms with van der Waals surface area (Å²) in [6.07, 6.45) is 1.48. The minimum absolute atomic E-state index is 0.0575. The van der Waals surface area contributed by atoms with Crippen LogP contribution in [0, 0.1) is 0 Å². The van der Waals surface area contributed by atoms with Crippen molar-refractivity contribution >= 4 is 23.0 Å². The summed E-state index contributed by atoms with van der Waals surface area (Å²) >= 11 is 1.25. The molecule has 4 nitrogen and oxygen atoms in total. The van der Waals surface area contributed by atoms with E-state index in [1.54, 1.807) is 12.4 Å². The Morgan fingerprint density at radius 2 is 2.31 bits per heavy atom. The maximum Gasteiger partial charge on any atom is 0.263 e. The maximum absolute atomic E-state index is 11.3. The largest absolute Gasteiger partial charge is 0.342 e. The Hall–Kier alpha value is -1.23. The fourth-order valence-electron chi connectivity index (χ4n) is 0.697. The Morgan fingerprint density at radius 1 is 1.62 bits per heavy atom. The van der Waals surface area contributed by atoms with Crippen LogP contribution >= 0.6 is 11.3 Å². The Balaban J connectivity index is 2.56. The lowest BCUT2D eigenvalue weighted by Crippen LogP contribution is -2.36. The van der Waals surface area contributed by atoms with Gasteiger partial charge < -0.3 is 5.32 Å². The van der Waals surface area contributed by atoms with Crippen LogP contribution in [-0.2, 0) is 4.79 Å². The fraction of sp³-hybridized carbons (Fsp3) is 0.375. The third-order valence-electron chi connectivity index (χ3n) is 1.61. The molecule has 5 heteroatoms. The van der Waals surface area contributed by atoms with Crippen molar-refractivity contribution in [3.63, 3.8) is 0 Å². The zero-order chi connectivity index (χ0) is 9.84. The van der Waals surface area contributed by atoms with Crippen molar-refractivity contribution in [2.24, 2.45) is 0 Å². The summed E-state index contributed by atoms with van der Waals surface area (Å²) < 4.78 is 0. The second-order valence-corrected chi connectivity index (χ2v) is 3.56. The molecule has 0 radical (unpaired) electrons. The molecule has 0 aliphatic carbocycles. The number of rotatable bonds is 3. The molecular formula is C8H10N2O2S. The van der Waals surface area contributed by atoms with Crippen molar-refractivity contribution in [1.29, 1.82) is 0 Å². The van der Waals surface area contributed by atoms with E-state index in [9.17, 15) is 9.59 Å². The Labute approximate surface area is 80.0 Å². The number of Topliss-reactive ketones (excluding diaryl/α,β-unsaturated/α-hetero) is 1. The summed E-state index contributed by atoms with van der Waals surface area (Å²) in [4.78, 5) is 26.4. The third-order valence-corrected chi connectivity index (χ3v) is 2.39. The summed E-state index contributed by atoms with van der Waals surface area (Å²) in [5.41, 5.74) is 1.58. The zero-order valence-electron chi connectivity index (χ0n) is 7.40. The number of nitrogens with zero attached hydrogens (tertiary/aromatic N) is 1. The SMILES string of the molecule is CC(=O)C(C)NC(=O)c1cncs1. The van der Waals surface area contributed by atoms with Crippen molar-refractivity contribution in [2.45, 2.75) is 19.9 Å². The Bertz CT molecular complexity index is 308. The minimum Gasteiger partial charge on any atom is -0.342 e. The van der Waals surface area contributed by atoms with E-state index in [2.05, 4.69) is 10.3 Å². The van der Waals surface area contributed by atoms with Gasteiger partial charge in [-0.15, -0.1) is 11.3 Å². The van der Waals surface area contributed by atoms with Gasteiger partial charge in [-0.1, -0.05) is 0 Å². The second kappa shape index (κ2) is 4.13. The van der Waals surface area contributed by atoms with Crippen LogP contribution in [-0.4, -0.2) is 22.7 Å². The first-order valence-corrected chi connectivity index (χ1v) is 4.69. The van der Waals surface area contributed by atoms with E-state index in [4.69, 9.17) is 0 Å². The smallest absolute Gasteiger partial charge is 0.263 e. The quantitative estimate of drug-likeness (QED) is 0.783. The molecule has 0 aliphatic rings. The summed E-state index contributed by atoms with van der Waals surface area (Å²) in [5.74, 6) is -0.303. The van der Waals surface area contributed by atoms with Gasteiger partial charge in [-0.25, -0.2) is 0 Å². The molecular weight excluding hydrogens is 188 g/mol. The van der Waals surface area contributed by atoms with Crippen molar-refractivity contribution in [2.75, 3.05) is 0 Å². The van der Waals surface area contributed by atoms with Crippen molar-refractivity contribution < 1.29 is 9.59 Å². The second-order valence-electron chi connectivity index (χ2n) is 2.67. The van der Waals surface area contributed by atoms with Crippen LogP contribution in [0.5, 0.6) is 0 Å². The molecule has 0 aromatic carbocycles. The molecule has 0 saturated heterocycles. The topological polar surface area (TPSA) is 59.1 Å². The number of carbonyl (C=O) groups is 2. The molecule has 1 rings (SSSR count). The van der Waals surface area contributed by atoms with Crippen LogP contribution in [0.4, 0.5) is 0 Å². The number of hydrogen-bond donors (Lipinski definition) is 1. The molecule has 1 unspecified atom stereocenters. The van der Waals surface area contributed by atoms with Crippen molar-refractivity contribution in [1.82, 2.24) is 10.3 Å². The van der Waals surface area contributed by atoms with E-state index in [0.29, 0.717) is 4.88 Å². The van der Waals surface area contributed by atoms with Crippen LogP contribution in [0.2, 0.25) is 0 Å². The van der Waals surface area contributed by atoms with Gasteiger partial charge in [-0.2, -0.15) is 0 Å². The molecule has 1 heterocycles. The average Bonchev–Trinajstić information content (AvgIpc) is 2.55. The van der Waals surface area contributed by atoms with Gasteiger partial charge in [0.2, 0.25) is 0 Å². The van der Waals surface area contributed by atoms with E-state index in [0.717, 1.165) is 0 Å². The highest BCUT2D eigenvalue weighted by Crippen LogP contribution is 2.04. The van der Waals surface area contributed by atoms with Crippen LogP contribution in [0.25, 0.3) is 0 Å². The number of nitrogens with one attached hydrogen (secondary N) is 1. The average molecular weight is 198 g/mol. The van der Waals surface area contributed by atoms with Gasteiger partial charge in [0.05, 0.1) is 17.7 Å². The Kier molecular flexibility index (Phi) is 3.13. The van der Waals surface area contributed by atoms with Gasteiger partial charge >= 0.3 is 0 Å². The minimum atomic E-state index is -0.436. The molecule has 1 N–H and O–H groups in total. The van der Waals surface area contributed by atoms with Crippen molar-refractivity contribution in [3.8, 4) is 0 Å². The first kappa shape index (κ1) is 9.85. The molecule has 13 heavy (non-hydrogen) atoms. The lowest BCUT2D eigenvalue weighted by atomic mass is 10.2. The third kappa shape index (κ3) is 2.62. The van der Waals surface area contributed by atoms with Crippen molar-refractivity contribution in [3.05, 3.63) is 16.6 Å². The first-order valence-electron chi connectivity index (χ1n) is 3.81. The summed E-state index contributed by atoms with van der Waals surface area (Å²) in [5, 5.41) is 2.56. The van der Waals surface area contributed by atoms with Gasteiger partial charge in [0, 0.05) is 0 Å². The molecule has 0 bridgehead atoms. The van der Waals surface area contributed by atoms with Crippen LogP contribution in [0.1, 0.15) is 23.5 Å². The predicted octanol–water partition coefficient (Wildman–Crippen LogP) is 0.850. The normalized spacial score (nSPS) is 12.2. The molecule has 70 valence electrons. The van der Waals surface area contributed by atoms with E-state index in [1.807, 2.05) is 0 Å². The van der Waals surface area contributed by atoms with E-state index in [1.165, 1.54) is 24.5 Å². The molecule has 0 spiro atoms. The highest BCUT2D eigenvalue weighted by Gasteiger charge is 2.13. The molecule has 0 saturated carbocycles. The lowest BCUT2D eigenvalue weighted by molar-refractivity contribution is -0.118. The number of carbonyl (C=O) groups excluding carboxylic acids is 2. The molecule has 1 aromatic rings. The van der Waals surface area contributed by atoms with Gasteiger partial charge in [-0.3, -0.25) is 14.6 Å². The fourth-order valence-corrected chi connectivity index (χ4v) is 1.22. The number of amides is 1. The summed E-state index contributed by atoms with van der Waals surface area (Å²) in [6, 6.07) is -0.436. The maximum atomic E-state index is 11.3. The van der Waals surface area contributed by atoms with E-state index < -0.39 is 6.04 Å². The van der Waals surface area contributed by atoms with Gasteiger partial charge in [0.25, 0.3) is 5.91 Å². The van der Waals surface area contributed by atoms with Gasteiger partial charge in [-0.05, 0) is 13.8 Å². The molecule has 0 fully saturated rings. The molecule has 0 aliphatic heterocycles. The number of aromatic nitrogens is 1. The molecule has 1 atom stereocenters. The monoisotopic (exact) mass is 198 g/mol. The number of thiazole rings is 1. The Morgan fingerprint density at radius 3 is 2.77 bits per heavy atom. The van der Waals surface area contributed by atoms with E-state index in [-0.39, 0.29) is 11.7 Å². The van der Waals surface area contributed by atoms with Crippen LogP contribution in [0.3, 0.4) is 0 Å². The predicted molar refractivity (Wildman–Crippen MR) is 49.7 cm³/mol.